The summed E-state index contributed by atoms with van der Waals surface area (Å²) in [6, 6.07) is 9.81. The second-order valence-corrected chi connectivity index (χ2v) is 5.32. The van der Waals surface area contributed by atoms with Crippen LogP contribution in [0.25, 0.3) is 5.69 Å². The van der Waals surface area contributed by atoms with E-state index in [-0.39, 0.29) is 0 Å². The van der Waals surface area contributed by atoms with Crippen molar-refractivity contribution < 1.29 is 9.90 Å². The van der Waals surface area contributed by atoms with Gasteiger partial charge in [-0.3, -0.25) is 4.79 Å². The van der Waals surface area contributed by atoms with Crippen LogP contribution in [0.2, 0.25) is 0 Å². The van der Waals surface area contributed by atoms with Crippen molar-refractivity contribution in [3.8, 4) is 5.69 Å². The predicted octanol–water partition coefficient (Wildman–Crippen LogP) is 1.48. The van der Waals surface area contributed by atoms with Gasteiger partial charge in [0.2, 0.25) is 0 Å². The summed E-state index contributed by atoms with van der Waals surface area (Å²) in [4.78, 5) is 11.5. The zero-order valence-electron chi connectivity index (χ0n) is 11.1. The van der Waals surface area contributed by atoms with Crippen molar-refractivity contribution in [2.45, 2.75) is 12.8 Å². The molecule has 1 saturated heterocycles. The summed E-state index contributed by atoms with van der Waals surface area (Å²) >= 11 is 0. The fraction of sp³-hybridized carbons (Fsp3) is 0.333. The molecule has 2 aromatic rings. The standard InChI is InChI=1S/C15H17N3O2/c19-14(20)15(6-7-16-11-15)8-12-9-17-18(10-12)13-4-2-1-3-5-13/h1-5,9-10,16H,6-8,11H2,(H,19,20). The number of nitrogens with one attached hydrogen (secondary N) is 1. The lowest BCUT2D eigenvalue weighted by Crippen LogP contribution is -2.35. The first-order valence-electron chi connectivity index (χ1n) is 6.73. The van der Waals surface area contributed by atoms with Crippen LogP contribution < -0.4 is 5.32 Å². The van der Waals surface area contributed by atoms with Crippen LogP contribution in [-0.4, -0.2) is 33.9 Å². The molecule has 0 amide bonds. The Bertz CT molecular complexity index is 601. The van der Waals surface area contributed by atoms with E-state index in [9.17, 15) is 9.90 Å². The Kier molecular flexibility index (Phi) is 3.28. The van der Waals surface area contributed by atoms with Gasteiger partial charge in [0.25, 0.3) is 0 Å². The molecule has 104 valence electrons. The average Bonchev–Trinajstić information content (AvgIpc) is 3.10. The molecule has 2 N–H and O–H groups in total. The van der Waals surface area contributed by atoms with Crippen LogP contribution in [0.4, 0.5) is 0 Å². The third kappa shape index (κ3) is 2.32. The summed E-state index contributed by atoms with van der Waals surface area (Å²) in [5.74, 6) is -0.727. The SMILES string of the molecule is O=C(O)C1(Cc2cnn(-c3ccccc3)c2)CCNC1. The van der Waals surface area contributed by atoms with Gasteiger partial charge < -0.3 is 10.4 Å². The minimum Gasteiger partial charge on any atom is -0.481 e. The number of carboxylic acid groups (broad SMARTS) is 1. The van der Waals surface area contributed by atoms with E-state index in [1.807, 2.05) is 36.5 Å². The maximum absolute atomic E-state index is 11.5. The van der Waals surface area contributed by atoms with E-state index in [1.54, 1.807) is 10.9 Å². The van der Waals surface area contributed by atoms with Gasteiger partial charge in [-0.05, 0) is 37.1 Å². The molecule has 0 saturated carbocycles. The number of rotatable bonds is 4. The van der Waals surface area contributed by atoms with Crippen molar-refractivity contribution in [2.24, 2.45) is 5.41 Å². The van der Waals surface area contributed by atoms with Crippen molar-refractivity contribution >= 4 is 5.97 Å². The first-order chi connectivity index (χ1) is 9.70. The Labute approximate surface area is 117 Å². The highest BCUT2D eigenvalue weighted by molar-refractivity contribution is 5.76. The monoisotopic (exact) mass is 271 g/mol. The Balaban J connectivity index is 1.82. The first kappa shape index (κ1) is 12.9. The van der Waals surface area contributed by atoms with Crippen molar-refractivity contribution in [1.29, 1.82) is 0 Å². The molecular weight excluding hydrogens is 254 g/mol. The molecule has 20 heavy (non-hydrogen) atoms. The number of hydrogen-bond donors (Lipinski definition) is 2. The van der Waals surface area contributed by atoms with Gasteiger partial charge in [-0.25, -0.2) is 4.68 Å². The molecule has 1 fully saturated rings. The molecule has 2 heterocycles. The Morgan fingerprint density at radius 2 is 2.20 bits per heavy atom. The van der Waals surface area contributed by atoms with E-state index < -0.39 is 11.4 Å². The highest BCUT2D eigenvalue weighted by Crippen LogP contribution is 2.30. The summed E-state index contributed by atoms with van der Waals surface area (Å²) in [6.45, 7) is 1.29. The molecule has 5 nitrogen and oxygen atoms in total. The molecule has 1 aromatic heterocycles. The third-order valence-corrected chi connectivity index (χ3v) is 3.90. The summed E-state index contributed by atoms with van der Waals surface area (Å²) in [5, 5.41) is 16.9. The van der Waals surface area contributed by atoms with E-state index in [4.69, 9.17) is 0 Å². The smallest absolute Gasteiger partial charge is 0.311 e. The molecule has 1 aromatic carbocycles. The number of hydrogen-bond acceptors (Lipinski definition) is 3. The summed E-state index contributed by atoms with van der Waals surface area (Å²) in [7, 11) is 0. The van der Waals surface area contributed by atoms with Crippen molar-refractivity contribution in [1.82, 2.24) is 15.1 Å². The Hall–Kier alpha value is -2.14. The topological polar surface area (TPSA) is 67.1 Å². The van der Waals surface area contributed by atoms with E-state index in [0.29, 0.717) is 19.4 Å². The molecule has 0 aliphatic carbocycles. The number of nitrogens with zero attached hydrogens (tertiary/aromatic N) is 2. The number of benzene rings is 1. The van der Waals surface area contributed by atoms with E-state index in [1.165, 1.54) is 0 Å². The van der Waals surface area contributed by atoms with Gasteiger partial charge in [-0.2, -0.15) is 5.10 Å². The summed E-state index contributed by atoms with van der Waals surface area (Å²) in [5.41, 5.74) is 1.25. The lowest BCUT2D eigenvalue weighted by molar-refractivity contribution is -0.147. The van der Waals surface area contributed by atoms with Gasteiger partial charge >= 0.3 is 5.97 Å². The predicted molar refractivity (Wildman–Crippen MR) is 74.8 cm³/mol. The zero-order valence-corrected chi connectivity index (χ0v) is 11.1. The molecule has 0 spiro atoms. The van der Waals surface area contributed by atoms with Crippen LogP contribution in [0.3, 0.4) is 0 Å². The molecule has 1 aliphatic heterocycles. The Morgan fingerprint density at radius 1 is 1.40 bits per heavy atom. The molecular formula is C15H17N3O2. The van der Waals surface area contributed by atoms with Gasteiger partial charge in [0.15, 0.2) is 0 Å². The van der Waals surface area contributed by atoms with Gasteiger partial charge in [0.05, 0.1) is 17.3 Å². The quantitative estimate of drug-likeness (QED) is 0.884. The van der Waals surface area contributed by atoms with Crippen LogP contribution in [0.1, 0.15) is 12.0 Å². The number of para-hydroxylation sites is 1. The fourth-order valence-electron chi connectivity index (χ4n) is 2.72. The highest BCUT2D eigenvalue weighted by Gasteiger charge is 2.41. The van der Waals surface area contributed by atoms with Crippen LogP contribution in [0.15, 0.2) is 42.7 Å². The average molecular weight is 271 g/mol. The van der Waals surface area contributed by atoms with Crippen molar-refractivity contribution in [3.63, 3.8) is 0 Å². The minimum atomic E-state index is -0.727. The van der Waals surface area contributed by atoms with Crippen LogP contribution >= 0.6 is 0 Å². The van der Waals surface area contributed by atoms with Crippen LogP contribution in [-0.2, 0) is 11.2 Å². The van der Waals surface area contributed by atoms with E-state index >= 15 is 0 Å². The summed E-state index contributed by atoms with van der Waals surface area (Å²) < 4.78 is 1.78. The van der Waals surface area contributed by atoms with Gasteiger partial charge in [-0.1, -0.05) is 18.2 Å². The molecule has 1 aliphatic rings. The highest BCUT2D eigenvalue weighted by atomic mass is 16.4. The van der Waals surface area contributed by atoms with Crippen LogP contribution in [0, 0.1) is 5.41 Å². The number of carbonyl (C=O) groups is 1. The van der Waals surface area contributed by atoms with Gasteiger partial charge in [0.1, 0.15) is 0 Å². The van der Waals surface area contributed by atoms with Gasteiger partial charge in [0, 0.05) is 12.7 Å². The zero-order chi connectivity index (χ0) is 14.0. The maximum Gasteiger partial charge on any atom is 0.311 e. The maximum atomic E-state index is 11.5. The Morgan fingerprint density at radius 3 is 2.85 bits per heavy atom. The normalized spacial score (nSPS) is 22.0. The number of carboxylic acids is 1. The summed E-state index contributed by atoms with van der Waals surface area (Å²) in [6.07, 6.45) is 4.86. The lowest BCUT2D eigenvalue weighted by Gasteiger charge is -2.21. The molecule has 0 radical (unpaired) electrons. The number of aromatic nitrogens is 2. The third-order valence-electron chi connectivity index (χ3n) is 3.90. The lowest BCUT2D eigenvalue weighted by atomic mass is 9.82. The van der Waals surface area contributed by atoms with Gasteiger partial charge in [-0.15, -0.1) is 0 Å². The first-order valence-corrected chi connectivity index (χ1v) is 6.73. The molecule has 5 heteroatoms. The molecule has 1 atom stereocenters. The largest absolute Gasteiger partial charge is 0.481 e. The van der Waals surface area contributed by atoms with E-state index in [2.05, 4.69) is 10.4 Å². The van der Waals surface area contributed by atoms with Crippen molar-refractivity contribution in [2.75, 3.05) is 13.1 Å². The van der Waals surface area contributed by atoms with Crippen molar-refractivity contribution in [3.05, 3.63) is 48.3 Å². The molecule has 3 rings (SSSR count). The minimum absolute atomic E-state index is 0.516. The second-order valence-electron chi connectivity index (χ2n) is 5.32. The molecule has 1 unspecified atom stereocenters. The molecule has 0 bridgehead atoms. The number of aliphatic carboxylic acids is 1. The van der Waals surface area contributed by atoms with E-state index in [0.717, 1.165) is 17.8 Å². The van der Waals surface area contributed by atoms with Crippen LogP contribution in [0.5, 0.6) is 0 Å². The second kappa shape index (κ2) is 5.09. The fourth-order valence-corrected chi connectivity index (χ4v) is 2.72.